The van der Waals surface area contributed by atoms with Crippen LogP contribution in [-0.4, -0.2) is 43.4 Å². The molecule has 15 heteroatoms. The Morgan fingerprint density at radius 2 is 1.08 bits per heavy atom. The van der Waals surface area contributed by atoms with Gasteiger partial charge in [0.05, 0.1) is 11.1 Å². The summed E-state index contributed by atoms with van der Waals surface area (Å²) in [4.78, 5) is 2.06. The van der Waals surface area contributed by atoms with E-state index in [0.29, 0.717) is 68.5 Å². The Hall–Kier alpha value is -4.37. The topological polar surface area (TPSA) is 33.7 Å². The number of ether oxygens (including phenoxy) is 2. The normalized spacial score (nSPS) is 15.2. The van der Waals surface area contributed by atoms with E-state index in [2.05, 4.69) is 10.2 Å². The molecular weight excluding hydrogens is 701 g/mol. The van der Waals surface area contributed by atoms with Crippen LogP contribution in [-0.2, 0) is 24.1 Å². The zero-order chi connectivity index (χ0) is 37.4. The van der Waals surface area contributed by atoms with Crippen LogP contribution in [0.15, 0.2) is 84.9 Å². The monoisotopic (exact) mass is 732 g/mol. The molecule has 4 aromatic carbocycles. The first kappa shape index (κ1) is 37.9. The third-order valence-corrected chi connectivity index (χ3v) is 8.45. The minimum atomic E-state index is -5.98. The lowest BCUT2D eigenvalue weighted by atomic mass is 9.73. The van der Waals surface area contributed by atoms with Gasteiger partial charge in [-0.25, -0.2) is 8.78 Å². The Morgan fingerprint density at radius 1 is 0.608 bits per heavy atom. The molecular formula is C36H31F11N2O2. The molecule has 1 fully saturated rings. The average Bonchev–Trinajstić information content (AvgIpc) is 3.03. The highest BCUT2D eigenvalue weighted by atomic mass is 19.4. The van der Waals surface area contributed by atoms with Gasteiger partial charge in [-0.2, -0.15) is 39.5 Å². The molecule has 1 aliphatic rings. The van der Waals surface area contributed by atoms with E-state index in [0.717, 1.165) is 37.4 Å². The number of hydrogen-bond donors (Lipinski definition) is 1. The Morgan fingerprint density at radius 3 is 1.53 bits per heavy atom. The largest absolute Gasteiger partial charge is 0.457 e. The minimum absolute atomic E-state index is 0.240. The fourth-order valence-corrected chi connectivity index (χ4v) is 5.97. The molecule has 0 aromatic heterocycles. The van der Waals surface area contributed by atoms with Gasteiger partial charge in [0.25, 0.3) is 5.92 Å². The molecule has 274 valence electrons. The van der Waals surface area contributed by atoms with Crippen LogP contribution in [0.2, 0.25) is 0 Å². The second kappa shape index (κ2) is 14.0. The summed E-state index contributed by atoms with van der Waals surface area (Å²) < 4.78 is 169. The minimum Gasteiger partial charge on any atom is -0.457 e. The van der Waals surface area contributed by atoms with Gasteiger partial charge < -0.3 is 14.8 Å². The van der Waals surface area contributed by atoms with Gasteiger partial charge in [-0.3, -0.25) is 4.90 Å². The highest BCUT2D eigenvalue weighted by molar-refractivity contribution is 5.50. The van der Waals surface area contributed by atoms with Gasteiger partial charge in [-0.05, 0) is 72.1 Å². The summed E-state index contributed by atoms with van der Waals surface area (Å²) in [6.45, 7) is 5.29. The van der Waals surface area contributed by atoms with Crippen LogP contribution in [0, 0.1) is 6.92 Å². The van der Waals surface area contributed by atoms with E-state index in [9.17, 15) is 48.3 Å². The number of nitrogens with one attached hydrogen (secondary N) is 1. The van der Waals surface area contributed by atoms with Crippen molar-refractivity contribution in [3.05, 3.63) is 118 Å². The van der Waals surface area contributed by atoms with Gasteiger partial charge >= 0.3 is 18.5 Å². The molecule has 0 bridgehead atoms. The van der Waals surface area contributed by atoms with Crippen molar-refractivity contribution in [2.24, 2.45) is 0 Å². The Bertz CT molecular complexity index is 1790. The van der Waals surface area contributed by atoms with E-state index in [1.165, 1.54) is 25.1 Å². The second-order valence-electron chi connectivity index (χ2n) is 12.2. The molecule has 0 spiro atoms. The third-order valence-electron chi connectivity index (χ3n) is 8.45. The lowest BCUT2D eigenvalue weighted by Gasteiger charge is -2.38. The van der Waals surface area contributed by atoms with Crippen LogP contribution in [0.25, 0.3) is 0 Å². The highest BCUT2D eigenvalue weighted by Gasteiger charge is 2.72. The highest BCUT2D eigenvalue weighted by Crippen LogP contribution is 2.56. The summed E-state index contributed by atoms with van der Waals surface area (Å²) in [5, 5.41) is 3.19. The van der Waals surface area contributed by atoms with Crippen LogP contribution in [0.4, 0.5) is 48.3 Å². The number of aryl methyl sites for hydroxylation is 1. The first-order chi connectivity index (χ1) is 23.7. The Balaban J connectivity index is 1.47. The van der Waals surface area contributed by atoms with E-state index in [4.69, 9.17) is 9.47 Å². The number of halogens is 11. The van der Waals surface area contributed by atoms with Crippen molar-refractivity contribution in [3.63, 3.8) is 0 Å². The predicted octanol–water partition coefficient (Wildman–Crippen LogP) is 10.5. The Labute approximate surface area is 285 Å². The summed E-state index contributed by atoms with van der Waals surface area (Å²) in [7, 11) is 0. The first-order valence-corrected chi connectivity index (χ1v) is 15.5. The molecule has 0 radical (unpaired) electrons. The van der Waals surface area contributed by atoms with E-state index < -0.39 is 63.6 Å². The molecule has 0 aliphatic carbocycles. The Kier molecular flexibility index (Phi) is 10.4. The van der Waals surface area contributed by atoms with Crippen LogP contribution < -0.4 is 14.8 Å². The van der Waals surface area contributed by atoms with Crippen LogP contribution in [0.1, 0.15) is 40.3 Å². The fourth-order valence-electron chi connectivity index (χ4n) is 5.97. The molecule has 1 saturated heterocycles. The molecule has 0 atom stereocenters. The molecule has 0 saturated carbocycles. The quantitative estimate of drug-likeness (QED) is 0.174. The maximum Gasteiger partial charge on any atom is 0.419 e. The van der Waals surface area contributed by atoms with E-state index >= 15 is 0 Å². The van der Waals surface area contributed by atoms with Crippen molar-refractivity contribution in [1.82, 2.24) is 10.2 Å². The van der Waals surface area contributed by atoms with Crippen molar-refractivity contribution in [3.8, 4) is 23.0 Å². The van der Waals surface area contributed by atoms with Crippen LogP contribution >= 0.6 is 0 Å². The fraction of sp³-hybridized carbons (Fsp3) is 0.333. The number of alkyl halides is 11. The maximum atomic E-state index is 14.8. The molecule has 0 amide bonds. The number of piperazine rings is 1. The van der Waals surface area contributed by atoms with E-state index in [1.54, 1.807) is 6.07 Å². The molecule has 51 heavy (non-hydrogen) atoms. The van der Waals surface area contributed by atoms with E-state index in [1.807, 2.05) is 0 Å². The van der Waals surface area contributed by atoms with Gasteiger partial charge in [-0.15, -0.1) is 0 Å². The molecule has 1 heterocycles. The average molecular weight is 733 g/mol. The van der Waals surface area contributed by atoms with Crippen molar-refractivity contribution in [1.29, 1.82) is 0 Å². The maximum absolute atomic E-state index is 14.8. The van der Waals surface area contributed by atoms with Crippen LogP contribution in [0.3, 0.4) is 0 Å². The van der Waals surface area contributed by atoms with Gasteiger partial charge in [0.2, 0.25) is 5.41 Å². The van der Waals surface area contributed by atoms with Gasteiger partial charge in [0.15, 0.2) is 0 Å². The van der Waals surface area contributed by atoms with Crippen molar-refractivity contribution in [2.75, 3.05) is 26.2 Å². The van der Waals surface area contributed by atoms with Gasteiger partial charge in [0.1, 0.15) is 23.0 Å². The van der Waals surface area contributed by atoms with Gasteiger partial charge in [-0.1, -0.05) is 42.0 Å². The number of nitrogens with zero attached hydrogens (tertiary/aromatic N) is 1. The number of benzene rings is 4. The predicted molar refractivity (Wildman–Crippen MR) is 166 cm³/mol. The zero-order valence-electron chi connectivity index (χ0n) is 27.0. The third kappa shape index (κ3) is 8.09. The molecule has 1 aliphatic heterocycles. The molecule has 0 unspecified atom stereocenters. The summed E-state index contributed by atoms with van der Waals surface area (Å²) in [5.41, 5.74) is -8.07. The summed E-state index contributed by atoms with van der Waals surface area (Å²) in [5.74, 6) is -5.19. The van der Waals surface area contributed by atoms with Crippen molar-refractivity contribution in [2.45, 2.75) is 50.3 Å². The standard InChI is InChI=1S/C36H31F11N2O2/c1-22-3-13-31(29(19-22)34(39,40)41)51-27-11-7-25(8-12-27)33(35(42,43)44,36(45,46)47)24-5-9-26(10-6-24)50-30-14-4-23(20-28(30)32(2,37)38)21-49-17-15-48-16-18-49/h3-14,19-20,48H,15-18,21H2,1-2H3. The van der Waals surface area contributed by atoms with Crippen LogP contribution in [0.5, 0.6) is 23.0 Å². The van der Waals surface area contributed by atoms with Crippen molar-refractivity contribution < 1.29 is 57.8 Å². The number of rotatable bonds is 9. The summed E-state index contributed by atoms with van der Waals surface area (Å²) in [6.07, 6.45) is -16.8. The molecule has 4 nitrogen and oxygen atoms in total. The van der Waals surface area contributed by atoms with Gasteiger partial charge in [0, 0.05) is 39.6 Å². The first-order valence-electron chi connectivity index (χ1n) is 15.5. The molecule has 4 aromatic rings. The van der Waals surface area contributed by atoms with Crippen molar-refractivity contribution >= 4 is 0 Å². The molecule has 1 N–H and O–H groups in total. The summed E-state index contributed by atoms with van der Waals surface area (Å²) in [6, 6.07) is 12.2. The summed E-state index contributed by atoms with van der Waals surface area (Å²) >= 11 is 0. The SMILES string of the molecule is Cc1ccc(Oc2ccc(C(c3ccc(Oc4ccc(CN5CCNCC5)cc4C(C)(F)F)cc3)(C(F)(F)F)C(F)(F)F)cc2)c(C(F)(F)F)c1. The number of hydrogen-bond acceptors (Lipinski definition) is 4. The molecule has 5 rings (SSSR count). The van der Waals surface area contributed by atoms with E-state index in [-0.39, 0.29) is 17.1 Å². The lowest BCUT2D eigenvalue weighted by molar-refractivity contribution is -0.288. The lowest BCUT2D eigenvalue weighted by Crippen LogP contribution is -2.54. The smallest absolute Gasteiger partial charge is 0.419 e. The zero-order valence-corrected chi connectivity index (χ0v) is 27.0. The second-order valence-corrected chi connectivity index (χ2v) is 12.2.